The van der Waals surface area contributed by atoms with E-state index < -0.39 is 5.60 Å². The molecule has 0 spiro atoms. The van der Waals surface area contributed by atoms with Gasteiger partial charge in [-0.05, 0) is 44.2 Å². The molecule has 1 N–H and O–H groups in total. The Hall–Kier alpha value is -0.540. The summed E-state index contributed by atoms with van der Waals surface area (Å²) in [5.41, 5.74) is 1.36. The molecule has 2 nitrogen and oxygen atoms in total. The molecule has 1 aromatic heterocycles. The van der Waals surface area contributed by atoms with Gasteiger partial charge in [0.25, 0.3) is 0 Å². The van der Waals surface area contributed by atoms with Gasteiger partial charge in [0.15, 0.2) is 0 Å². The van der Waals surface area contributed by atoms with Gasteiger partial charge >= 0.3 is 0 Å². The number of aliphatic hydroxyl groups is 1. The fourth-order valence-corrected chi connectivity index (χ4v) is 5.18. The summed E-state index contributed by atoms with van der Waals surface area (Å²) >= 11 is 2.09. The first kappa shape index (κ1) is 11.5. The van der Waals surface area contributed by atoms with E-state index >= 15 is 0 Å². The standard InChI is InChI=1S/C14H19NOS/c1-10-4-3-7-15-13(10)14(16)8-11-5-2-6-12(9-14)17-11/h3-4,7,11-12,16H,2,5-6,8-9H2,1H3. The minimum Gasteiger partial charge on any atom is -0.383 e. The van der Waals surface area contributed by atoms with Gasteiger partial charge in [0.2, 0.25) is 0 Å². The maximum absolute atomic E-state index is 11.0. The lowest BCUT2D eigenvalue weighted by molar-refractivity contribution is 0.00345. The zero-order chi connectivity index (χ0) is 11.9. The summed E-state index contributed by atoms with van der Waals surface area (Å²) in [6.07, 6.45) is 7.42. The van der Waals surface area contributed by atoms with Crippen LogP contribution in [0.1, 0.15) is 43.4 Å². The van der Waals surface area contributed by atoms with Crippen LogP contribution in [0.15, 0.2) is 18.3 Å². The third kappa shape index (κ3) is 2.11. The average Bonchev–Trinajstić information content (AvgIpc) is 2.28. The molecule has 2 bridgehead atoms. The molecule has 17 heavy (non-hydrogen) atoms. The molecule has 3 rings (SSSR count). The van der Waals surface area contributed by atoms with Crippen molar-refractivity contribution in [1.82, 2.24) is 4.98 Å². The lowest BCUT2D eigenvalue weighted by Crippen LogP contribution is -2.41. The van der Waals surface area contributed by atoms with Crippen LogP contribution in [0.5, 0.6) is 0 Å². The van der Waals surface area contributed by atoms with Crippen molar-refractivity contribution in [1.29, 1.82) is 0 Å². The molecule has 2 unspecified atom stereocenters. The molecule has 3 heterocycles. The molecule has 0 aliphatic carbocycles. The topological polar surface area (TPSA) is 33.1 Å². The first-order valence-corrected chi connectivity index (χ1v) is 7.42. The number of aromatic nitrogens is 1. The van der Waals surface area contributed by atoms with Crippen molar-refractivity contribution >= 4 is 11.8 Å². The predicted molar refractivity (Wildman–Crippen MR) is 71.1 cm³/mol. The molecule has 3 heteroatoms. The number of nitrogens with zero attached hydrogens (tertiary/aromatic N) is 1. The minimum absolute atomic E-state index is 0.633. The minimum atomic E-state index is -0.674. The number of pyridine rings is 1. The van der Waals surface area contributed by atoms with Crippen LogP contribution in [0.4, 0.5) is 0 Å². The molecule has 1 aromatic rings. The molecule has 2 aliphatic rings. The highest BCUT2D eigenvalue weighted by Crippen LogP contribution is 2.49. The average molecular weight is 249 g/mol. The van der Waals surface area contributed by atoms with Crippen LogP contribution in [0.3, 0.4) is 0 Å². The molecule has 2 fully saturated rings. The Kier molecular flexibility index (Phi) is 2.91. The maximum atomic E-state index is 11.0. The first-order chi connectivity index (χ1) is 8.17. The first-order valence-electron chi connectivity index (χ1n) is 6.47. The molecule has 2 aliphatic heterocycles. The van der Waals surface area contributed by atoms with Crippen LogP contribution in [0.2, 0.25) is 0 Å². The summed E-state index contributed by atoms with van der Waals surface area (Å²) in [5.74, 6) is 0. The van der Waals surface area contributed by atoms with Gasteiger partial charge in [-0.25, -0.2) is 0 Å². The van der Waals surface area contributed by atoms with Crippen molar-refractivity contribution in [2.45, 2.75) is 55.1 Å². The molecule has 2 atom stereocenters. The van der Waals surface area contributed by atoms with Crippen molar-refractivity contribution in [3.63, 3.8) is 0 Å². The highest BCUT2D eigenvalue weighted by Gasteiger charge is 2.43. The Labute approximate surface area is 107 Å². The largest absolute Gasteiger partial charge is 0.383 e. The Balaban J connectivity index is 1.93. The Morgan fingerprint density at radius 1 is 1.35 bits per heavy atom. The SMILES string of the molecule is Cc1cccnc1C1(O)CC2CCCC(C1)S2. The van der Waals surface area contributed by atoms with Crippen LogP contribution >= 0.6 is 11.8 Å². The highest BCUT2D eigenvalue weighted by atomic mass is 32.2. The van der Waals surface area contributed by atoms with E-state index in [1.165, 1.54) is 19.3 Å². The summed E-state index contributed by atoms with van der Waals surface area (Å²) in [4.78, 5) is 4.44. The van der Waals surface area contributed by atoms with Crippen molar-refractivity contribution in [2.24, 2.45) is 0 Å². The summed E-state index contributed by atoms with van der Waals surface area (Å²) in [6, 6.07) is 4.00. The van der Waals surface area contributed by atoms with Gasteiger partial charge in [-0.3, -0.25) is 4.98 Å². The van der Waals surface area contributed by atoms with E-state index in [0.717, 1.165) is 24.1 Å². The van der Waals surface area contributed by atoms with Crippen LogP contribution in [0, 0.1) is 6.92 Å². The van der Waals surface area contributed by atoms with E-state index in [1.807, 2.05) is 6.07 Å². The smallest absolute Gasteiger partial charge is 0.109 e. The maximum Gasteiger partial charge on any atom is 0.109 e. The van der Waals surface area contributed by atoms with E-state index in [-0.39, 0.29) is 0 Å². The number of fused-ring (bicyclic) bond motifs is 2. The number of hydrogen-bond acceptors (Lipinski definition) is 3. The predicted octanol–water partition coefficient (Wildman–Crippen LogP) is 3.03. The number of hydrogen-bond donors (Lipinski definition) is 1. The fraction of sp³-hybridized carbons (Fsp3) is 0.643. The van der Waals surface area contributed by atoms with Crippen LogP contribution in [0.25, 0.3) is 0 Å². The Morgan fingerprint density at radius 3 is 2.71 bits per heavy atom. The number of aryl methyl sites for hydroxylation is 1. The lowest BCUT2D eigenvalue weighted by Gasteiger charge is -2.43. The van der Waals surface area contributed by atoms with Crippen molar-refractivity contribution in [3.05, 3.63) is 29.6 Å². The Morgan fingerprint density at radius 2 is 2.06 bits per heavy atom. The number of rotatable bonds is 1. The quantitative estimate of drug-likeness (QED) is 0.830. The molecule has 2 saturated heterocycles. The van der Waals surface area contributed by atoms with E-state index in [0.29, 0.717) is 10.5 Å². The van der Waals surface area contributed by atoms with E-state index in [4.69, 9.17) is 0 Å². The van der Waals surface area contributed by atoms with Gasteiger partial charge in [0, 0.05) is 16.7 Å². The van der Waals surface area contributed by atoms with Gasteiger partial charge in [0.1, 0.15) is 5.60 Å². The van der Waals surface area contributed by atoms with Gasteiger partial charge in [-0.15, -0.1) is 0 Å². The molecular weight excluding hydrogens is 230 g/mol. The second-order valence-electron chi connectivity index (χ2n) is 5.42. The van der Waals surface area contributed by atoms with Gasteiger partial charge < -0.3 is 5.11 Å². The summed E-state index contributed by atoms with van der Waals surface area (Å²) in [5, 5.41) is 12.2. The molecule has 92 valence electrons. The fourth-order valence-electron chi connectivity index (χ4n) is 3.28. The molecule has 0 saturated carbocycles. The summed E-state index contributed by atoms with van der Waals surface area (Å²) in [7, 11) is 0. The lowest BCUT2D eigenvalue weighted by atomic mass is 9.81. The highest BCUT2D eigenvalue weighted by molar-refractivity contribution is 8.00. The molecule has 0 radical (unpaired) electrons. The van der Waals surface area contributed by atoms with Crippen LogP contribution in [-0.4, -0.2) is 20.6 Å². The summed E-state index contributed by atoms with van der Waals surface area (Å²) < 4.78 is 0. The van der Waals surface area contributed by atoms with Crippen molar-refractivity contribution in [3.8, 4) is 0 Å². The van der Waals surface area contributed by atoms with Gasteiger partial charge in [-0.1, -0.05) is 12.5 Å². The van der Waals surface area contributed by atoms with Gasteiger partial charge in [0.05, 0.1) is 5.69 Å². The van der Waals surface area contributed by atoms with Gasteiger partial charge in [-0.2, -0.15) is 11.8 Å². The second-order valence-corrected chi connectivity index (χ2v) is 7.03. The second kappa shape index (κ2) is 4.29. The molecule has 0 aromatic carbocycles. The normalized spacial score (nSPS) is 36.8. The summed E-state index contributed by atoms with van der Waals surface area (Å²) in [6.45, 7) is 2.05. The van der Waals surface area contributed by atoms with Crippen LogP contribution < -0.4 is 0 Å². The van der Waals surface area contributed by atoms with Crippen molar-refractivity contribution < 1.29 is 5.11 Å². The van der Waals surface area contributed by atoms with E-state index in [9.17, 15) is 5.11 Å². The third-order valence-electron chi connectivity index (χ3n) is 4.02. The zero-order valence-corrected chi connectivity index (χ0v) is 11.0. The third-order valence-corrected chi connectivity index (χ3v) is 5.59. The molecule has 0 amide bonds. The number of thioether (sulfide) groups is 1. The van der Waals surface area contributed by atoms with Crippen molar-refractivity contribution in [2.75, 3.05) is 0 Å². The van der Waals surface area contributed by atoms with Crippen LogP contribution in [-0.2, 0) is 5.60 Å². The monoisotopic (exact) mass is 249 g/mol. The van der Waals surface area contributed by atoms with E-state index in [1.54, 1.807) is 6.20 Å². The van der Waals surface area contributed by atoms with E-state index in [2.05, 4.69) is 29.7 Å². The molecular formula is C14H19NOS. The Bertz CT molecular complexity index is 408. The zero-order valence-electron chi connectivity index (χ0n) is 10.2.